The maximum absolute atomic E-state index is 12.1. The molecule has 0 aliphatic carbocycles. The Morgan fingerprint density at radius 2 is 1.75 bits per heavy atom. The third-order valence-electron chi connectivity index (χ3n) is 2.75. The average molecular weight is 269 g/mol. The first-order chi connectivity index (χ1) is 9.56. The van der Waals surface area contributed by atoms with Crippen molar-refractivity contribution in [3.8, 4) is 0 Å². The van der Waals surface area contributed by atoms with Gasteiger partial charge in [0.25, 0.3) is 5.91 Å². The van der Waals surface area contributed by atoms with Crippen LogP contribution in [-0.4, -0.2) is 16.8 Å². The summed E-state index contributed by atoms with van der Waals surface area (Å²) >= 11 is 0. The quantitative estimate of drug-likeness (QED) is 0.899. The van der Waals surface area contributed by atoms with Crippen LogP contribution in [0.1, 0.15) is 22.8 Å². The number of hydrogen-bond donors (Lipinski definition) is 2. The van der Waals surface area contributed by atoms with Gasteiger partial charge in [0.1, 0.15) is 0 Å². The zero-order valence-corrected chi connectivity index (χ0v) is 11.3. The van der Waals surface area contributed by atoms with Crippen molar-refractivity contribution in [3.63, 3.8) is 0 Å². The second-order valence-corrected chi connectivity index (χ2v) is 4.40. The van der Waals surface area contributed by atoms with Gasteiger partial charge in [0, 0.05) is 24.4 Å². The van der Waals surface area contributed by atoms with Gasteiger partial charge in [-0.25, -0.2) is 0 Å². The summed E-state index contributed by atoms with van der Waals surface area (Å²) in [7, 11) is 0. The Labute approximate surface area is 117 Å². The van der Waals surface area contributed by atoms with E-state index < -0.39 is 0 Å². The number of nitrogens with one attached hydrogen (secondary N) is 2. The van der Waals surface area contributed by atoms with Crippen molar-refractivity contribution in [2.75, 3.05) is 10.6 Å². The van der Waals surface area contributed by atoms with E-state index in [1.54, 1.807) is 36.7 Å². The molecular formula is C15H15N3O2. The molecule has 1 aromatic heterocycles. The highest BCUT2D eigenvalue weighted by molar-refractivity contribution is 6.04. The number of carbonyl (C=O) groups excluding carboxylic acids is 2. The smallest absolute Gasteiger partial charge is 0.255 e. The second kappa shape index (κ2) is 5.97. The molecule has 5 heteroatoms. The molecule has 20 heavy (non-hydrogen) atoms. The first-order valence-electron chi connectivity index (χ1n) is 6.16. The van der Waals surface area contributed by atoms with Crippen molar-refractivity contribution in [2.45, 2.75) is 13.8 Å². The van der Waals surface area contributed by atoms with E-state index in [0.717, 1.165) is 5.56 Å². The average Bonchev–Trinajstić information content (AvgIpc) is 2.41. The number of aryl methyl sites for hydroxylation is 1. The van der Waals surface area contributed by atoms with Gasteiger partial charge in [-0.2, -0.15) is 0 Å². The van der Waals surface area contributed by atoms with Gasteiger partial charge >= 0.3 is 0 Å². The predicted molar refractivity (Wildman–Crippen MR) is 77.7 cm³/mol. The Balaban J connectivity index is 2.10. The summed E-state index contributed by atoms with van der Waals surface area (Å²) in [5.74, 6) is -0.358. The summed E-state index contributed by atoms with van der Waals surface area (Å²) in [6, 6.07) is 8.52. The molecule has 2 N–H and O–H groups in total. The molecule has 2 aromatic rings. The Morgan fingerprint density at radius 3 is 2.35 bits per heavy atom. The minimum Gasteiger partial charge on any atom is -0.326 e. The third kappa shape index (κ3) is 3.41. The lowest BCUT2D eigenvalue weighted by molar-refractivity contribution is -0.114. The van der Waals surface area contributed by atoms with Crippen LogP contribution in [0, 0.1) is 6.92 Å². The molecular weight excluding hydrogens is 254 g/mol. The van der Waals surface area contributed by atoms with Crippen molar-refractivity contribution >= 4 is 23.2 Å². The third-order valence-corrected chi connectivity index (χ3v) is 2.75. The summed E-state index contributed by atoms with van der Waals surface area (Å²) in [6.45, 7) is 3.34. The number of carbonyl (C=O) groups is 2. The zero-order chi connectivity index (χ0) is 14.5. The van der Waals surface area contributed by atoms with Gasteiger partial charge in [0.05, 0.1) is 11.9 Å². The van der Waals surface area contributed by atoms with Gasteiger partial charge in [0.2, 0.25) is 5.91 Å². The maximum Gasteiger partial charge on any atom is 0.255 e. The van der Waals surface area contributed by atoms with Crippen LogP contribution in [0.25, 0.3) is 0 Å². The first-order valence-corrected chi connectivity index (χ1v) is 6.16. The van der Waals surface area contributed by atoms with E-state index in [1.807, 2.05) is 13.0 Å². The Bertz CT molecular complexity index is 636. The summed E-state index contributed by atoms with van der Waals surface area (Å²) < 4.78 is 0. The van der Waals surface area contributed by atoms with Gasteiger partial charge < -0.3 is 10.6 Å². The molecule has 0 radical (unpaired) electrons. The molecule has 0 aliphatic rings. The number of nitrogens with zero attached hydrogens (tertiary/aromatic N) is 1. The summed E-state index contributed by atoms with van der Waals surface area (Å²) in [5, 5.41) is 5.45. The molecule has 5 nitrogen and oxygen atoms in total. The van der Waals surface area contributed by atoms with Crippen LogP contribution in [-0.2, 0) is 4.79 Å². The highest BCUT2D eigenvalue weighted by Crippen LogP contribution is 2.14. The Kier molecular flexibility index (Phi) is 4.10. The van der Waals surface area contributed by atoms with Crippen LogP contribution in [0.15, 0.2) is 42.7 Å². The predicted octanol–water partition coefficient (Wildman–Crippen LogP) is 2.60. The maximum atomic E-state index is 12.1. The number of hydrogen-bond acceptors (Lipinski definition) is 3. The molecule has 0 saturated carbocycles. The fourth-order valence-corrected chi connectivity index (χ4v) is 1.70. The second-order valence-electron chi connectivity index (χ2n) is 4.40. The number of aromatic nitrogens is 1. The topological polar surface area (TPSA) is 71.1 Å². The zero-order valence-electron chi connectivity index (χ0n) is 11.3. The standard InChI is InChI=1S/C15H15N3O2/c1-10-7-8-16-9-14(10)18-15(20)12-3-5-13(6-4-12)17-11(2)19/h3-9H,1-2H3,(H,17,19)(H,18,20). The van der Waals surface area contributed by atoms with E-state index in [-0.39, 0.29) is 11.8 Å². The molecule has 0 spiro atoms. The van der Waals surface area contributed by atoms with Crippen molar-refractivity contribution < 1.29 is 9.59 Å². The fourth-order valence-electron chi connectivity index (χ4n) is 1.70. The minimum atomic E-state index is -0.213. The fraction of sp³-hybridized carbons (Fsp3) is 0.133. The van der Waals surface area contributed by atoms with Crippen LogP contribution >= 0.6 is 0 Å². The van der Waals surface area contributed by atoms with E-state index in [9.17, 15) is 9.59 Å². The molecule has 0 atom stereocenters. The molecule has 102 valence electrons. The monoisotopic (exact) mass is 269 g/mol. The molecule has 2 rings (SSSR count). The first kappa shape index (κ1) is 13.7. The normalized spacial score (nSPS) is 9.90. The summed E-state index contributed by atoms with van der Waals surface area (Å²) in [4.78, 5) is 27.0. The van der Waals surface area contributed by atoms with Gasteiger partial charge in [0.15, 0.2) is 0 Å². The van der Waals surface area contributed by atoms with Crippen LogP contribution in [0.3, 0.4) is 0 Å². The lowest BCUT2D eigenvalue weighted by Gasteiger charge is -2.08. The largest absolute Gasteiger partial charge is 0.326 e. The minimum absolute atomic E-state index is 0.145. The number of benzene rings is 1. The number of amides is 2. The molecule has 0 aliphatic heterocycles. The summed E-state index contributed by atoms with van der Waals surface area (Å²) in [5.41, 5.74) is 2.81. The molecule has 2 amide bonds. The van der Waals surface area contributed by atoms with Gasteiger partial charge in [-0.3, -0.25) is 14.6 Å². The Hall–Kier alpha value is -2.69. The van der Waals surface area contributed by atoms with E-state index in [4.69, 9.17) is 0 Å². The lowest BCUT2D eigenvalue weighted by atomic mass is 10.2. The van der Waals surface area contributed by atoms with Gasteiger partial charge in [-0.15, -0.1) is 0 Å². The lowest BCUT2D eigenvalue weighted by Crippen LogP contribution is -2.13. The van der Waals surface area contributed by atoms with E-state index in [1.165, 1.54) is 6.92 Å². The molecule has 0 saturated heterocycles. The molecule has 0 unspecified atom stereocenters. The van der Waals surface area contributed by atoms with E-state index in [2.05, 4.69) is 15.6 Å². The van der Waals surface area contributed by atoms with Crippen LogP contribution in [0.4, 0.5) is 11.4 Å². The van der Waals surface area contributed by atoms with Crippen LogP contribution in [0.2, 0.25) is 0 Å². The highest BCUT2D eigenvalue weighted by atomic mass is 16.2. The van der Waals surface area contributed by atoms with Crippen molar-refractivity contribution in [3.05, 3.63) is 53.9 Å². The summed E-state index contributed by atoms with van der Waals surface area (Å²) in [6.07, 6.45) is 3.28. The Morgan fingerprint density at radius 1 is 1.05 bits per heavy atom. The number of anilines is 2. The SMILES string of the molecule is CC(=O)Nc1ccc(C(=O)Nc2cnccc2C)cc1. The molecule has 1 aromatic carbocycles. The number of rotatable bonds is 3. The van der Waals surface area contributed by atoms with Crippen molar-refractivity contribution in [1.82, 2.24) is 4.98 Å². The van der Waals surface area contributed by atoms with Crippen LogP contribution in [0.5, 0.6) is 0 Å². The van der Waals surface area contributed by atoms with Gasteiger partial charge in [-0.1, -0.05) is 0 Å². The molecule has 0 bridgehead atoms. The van der Waals surface area contributed by atoms with E-state index >= 15 is 0 Å². The van der Waals surface area contributed by atoms with Gasteiger partial charge in [-0.05, 0) is 42.8 Å². The molecule has 0 fully saturated rings. The van der Waals surface area contributed by atoms with Crippen molar-refractivity contribution in [1.29, 1.82) is 0 Å². The molecule has 1 heterocycles. The highest BCUT2D eigenvalue weighted by Gasteiger charge is 2.07. The van der Waals surface area contributed by atoms with Crippen LogP contribution < -0.4 is 10.6 Å². The van der Waals surface area contributed by atoms with E-state index in [0.29, 0.717) is 16.9 Å². The number of pyridine rings is 1. The van der Waals surface area contributed by atoms with Crippen molar-refractivity contribution in [2.24, 2.45) is 0 Å².